The SMILES string of the molecule is O=C(Nc1ccc(S(=O)(=O)Cc2nccs2)cc1)c1ccccc1Oc1ccccc1. The van der Waals surface area contributed by atoms with Gasteiger partial charge in [-0.3, -0.25) is 4.79 Å². The Bertz CT molecular complexity index is 1270. The number of amides is 1. The van der Waals surface area contributed by atoms with Crippen molar-refractivity contribution >= 4 is 32.8 Å². The summed E-state index contributed by atoms with van der Waals surface area (Å²) in [4.78, 5) is 17.0. The average Bonchev–Trinajstić information content (AvgIpc) is 3.27. The van der Waals surface area contributed by atoms with Gasteiger partial charge in [-0.1, -0.05) is 30.3 Å². The number of benzene rings is 3. The molecule has 0 spiro atoms. The first-order chi connectivity index (χ1) is 15.0. The van der Waals surface area contributed by atoms with Gasteiger partial charge in [0, 0.05) is 17.3 Å². The zero-order valence-electron chi connectivity index (χ0n) is 16.3. The van der Waals surface area contributed by atoms with E-state index in [2.05, 4.69) is 10.3 Å². The molecule has 0 radical (unpaired) electrons. The second-order valence-corrected chi connectivity index (χ2v) is 9.54. The Labute approximate surface area is 184 Å². The van der Waals surface area contributed by atoms with Gasteiger partial charge in [0.1, 0.15) is 22.3 Å². The third-order valence-corrected chi connectivity index (χ3v) is 6.98. The summed E-state index contributed by atoms with van der Waals surface area (Å²) >= 11 is 1.30. The number of hydrogen-bond acceptors (Lipinski definition) is 6. The molecule has 31 heavy (non-hydrogen) atoms. The minimum atomic E-state index is -3.51. The van der Waals surface area contributed by atoms with Crippen LogP contribution in [-0.4, -0.2) is 19.3 Å². The van der Waals surface area contributed by atoms with Crippen molar-refractivity contribution in [3.05, 3.63) is 101 Å². The molecule has 0 unspecified atom stereocenters. The molecule has 6 nitrogen and oxygen atoms in total. The Morgan fingerprint density at radius 3 is 2.35 bits per heavy atom. The lowest BCUT2D eigenvalue weighted by molar-refractivity contribution is 0.102. The number of para-hydroxylation sites is 2. The number of sulfone groups is 1. The Kier molecular flexibility index (Phi) is 6.11. The van der Waals surface area contributed by atoms with Gasteiger partial charge in [0.2, 0.25) is 0 Å². The summed E-state index contributed by atoms with van der Waals surface area (Å²) in [5, 5.41) is 5.06. The second-order valence-electron chi connectivity index (χ2n) is 6.57. The lowest BCUT2D eigenvalue weighted by Crippen LogP contribution is -2.13. The molecule has 1 amide bonds. The van der Waals surface area contributed by atoms with Crippen LogP contribution in [0.15, 0.2) is 95.3 Å². The first-order valence-electron chi connectivity index (χ1n) is 9.36. The van der Waals surface area contributed by atoms with E-state index in [4.69, 9.17) is 4.74 Å². The number of carbonyl (C=O) groups excluding carboxylic acids is 1. The van der Waals surface area contributed by atoms with Crippen LogP contribution >= 0.6 is 11.3 Å². The molecular weight excluding hydrogens is 432 g/mol. The standard InChI is InChI=1S/C23H18N2O4S2/c26-23(20-8-4-5-9-21(20)29-18-6-2-1-3-7-18)25-17-10-12-19(13-11-17)31(27,28)16-22-24-14-15-30-22/h1-15H,16H2,(H,25,26). The van der Waals surface area contributed by atoms with Crippen molar-refractivity contribution < 1.29 is 17.9 Å². The Morgan fingerprint density at radius 1 is 0.935 bits per heavy atom. The van der Waals surface area contributed by atoms with E-state index in [1.165, 1.54) is 23.5 Å². The monoisotopic (exact) mass is 450 g/mol. The predicted molar refractivity (Wildman–Crippen MR) is 120 cm³/mol. The van der Waals surface area contributed by atoms with E-state index in [1.54, 1.807) is 60.1 Å². The van der Waals surface area contributed by atoms with Crippen LogP contribution in [0.1, 0.15) is 15.4 Å². The molecule has 1 N–H and O–H groups in total. The quantitative estimate of drug-likeness (QED) is 0.420. The Morgan fingerprint density at radius 2 is 1.65 bits per heavy atom. The van der Waals surface area contributed by atoms with Gasteiger partial charge in [-0.2, -0.15) is 0 Å². The first-order valence-corrected chi connectivity index (χ1v) is 11.9. The summed E-state index contributed by atoms with van der Waals surface area (Å²) in [7, 11) is -3.51. The molecule has 0 fully saturated rings. The molecular formula is C23H18N2O4S2. The molecule has 1 heterocycles. The van der Waals surface area contributed by atoms with Crippen LogP contribution in [0.4, 0.5) is 5.69 Å². The van der Waals surface area contributed by atoms with Gasteiger partial charge in [-0.25, -0.2) is 13.4 Å². The number of rotatable bonds is 7. The molecule has 8 heteroatoms. The molecule has 0 aliphatic carbocycles. The van der Waals surface area contributed by atoms with Crippen molar-refractivity contribution in [3.63, 3.8) is 0 Å². The maximum atomic E-state index is 12.8. The van der Waals surface area contributed by atoms with E-state index in [9.17, 15) is 13.2 Å². The highest BCUT2D eigenvalue weighted by Gasteiger charge is 2.18. The van der Waals surface area contributed by atoms with Gasteiger partial charge in [0.25, 0.3) is 5.91 Å². The number of anilines is 1. The van der Waals surface area contributed by atoms with Crippen LogP contribution < -0.4 is 10.1 Å². The normalized spacial score (nSPS) is 11.1. The number of nitrogens with zero attached hydrogens (tertiary/aromatic N) is 1. The molecule has 0 aliphatic heterocycles. The number of carbonyl (C=O) groups is 1. The van der Waals surface area contributed by atoms with Gasteiger partial charge in [-0.05, 0) is 48.5 Å². The predicted octanol–water partition coefficient (Wildman–Crippen LogP) is 5.16. The first kappa shape index (κ1) is 20.8. The Hall–Kier alpha value is -3.49. The number of nitrogens with one attached hydrogen (secondary N) is 1. The van der Waals surface area contributed by atoms with Crippen LogP contribution in [0.5, 0.6) is 11.5 Å². The highest BCUT2D eigenvalue weighted by molar-refractivity contribution is 7.90. The molecule has 0 bridgehead atoms. The summed E-state index contributed by atoms with van der Waals surface area (Å²) in [6.07, 6.45) is 1.58. The van der Waals surface area contributed by atoms with Crippen LogP contribution in [-0.2, 0) is 15.6 Å². The zero-order chi connectivity index (χ0) is 21.7. The van der Waals surface area contributed by atoms with Gasteiger partial charge < -0.3 is 10.1 Å². The maximum absolute atomic E-state index is 12.8. The number of hydrogen-bond donors (Lipinski definition) is 1. The Balaban J connectivity index is 1.48. The highest BCUT2D eigenvalue weighted by atomic mass is 32.2. The van der Waals surface area contributed by atoms with Crippen molar-refractivity contribution in [1.29, 1.82) is 0 Å². The fourth-order valence-corrected chi connectivity index (χ4v) is 5.13. The third kappa shape index (κ3) is 5.17. The number of aromatic nitrogens is 1. The van der Waals surface area contributed by atoms with Crippen molar-refractivity contribution in [2.75, 3.05) is 5.32 Å². The molecule has 156 valence electrons. The van der Waals surface area contributed by atoms with Gasteiger partial charge in [0.05, 0.1) is 10.5 Å². The van der Waals surface area contributed by atoms with E-state index in [0.717, 1.165) is 0 Å². The minimum Gasteiger partial charge on any atom is -0.457 e. The molecule has 3 aromatic carbocycles. The van der Waals surface area contributed by atoms with Gasteiger partial charge in [-0.15, -0.1) is 11.3 Å². The smallest absolute Gasteiger partial charge is 0.259 e. The molecule has 0 saturated carbocycles. The van der Waals surface area contributed by atoms with Crippen molar-refractivity contribution in [1.82, 2.24) is 4.98 Å². The van der Waals surface area contributed by atoms with Crippen LogP contribution in [0, 0.1) is 0 Å². The van der Waals surface area contributed by atoms with Crippen molar-refractivity contribution in [2.45, 2.75) is 10.6 Å². The summed E-state index contributed by atoms with van der Waals surface area (Å²) in [6, 6.07) is 22.2. The van der Waals surface area contributed by atoms with Crippen LogP contribution in [0.25, 0.3) is 0 Å². The fourth-order valence-electron chi connectivity index (χ4n) is 2.87. The number of ether oxygens (including phenoxy) is 1. The topological polar surface area (TPSA) is 85.4 Å². The van der Waals surface area contributed by atoms with E-state index < -0.39 is 9.84 Å². The minimum absolute atomic E-state index is 0.152. The molecule has 0 saturated heterocycles. The zero-order valence-corrected chi connectivity index (χ0v) is 17.9. The second kappa shape index (κ2) is 9.11. The summed E-state index contributed by atoms with van der Waals surface area (Å²) in [5.41, 5.74) is 0.847. The highest BCUT2D eigenvalue weighted by Crippen LogP contribution is 2.26. The number of thiazole rings is 1. The average molecular weight is 451 g/mol. The molecule has 0 atom stereocenters. The van der Waals surface area contributed by atoms with Crippen molar-refractivity contribution in [2.24, 2.45) is 0 Å². The van der Waals surface area contributed by atoms with Crippen LogP contribution in [0.3, 0.4) is 0 Å². The fraction of sp³-hybridized carbons (Fsp3) is 0.0435. The van der Waals surface area contributed by atoms with E-state index in [1.807, 2.05) is 18.2 Å². The summed E-state index contributed by atoms with van der Waals surface area (Å²) in [5.74, 6) is 0.539. The largest absolute Gasteiger partial charge is 0.457 e. The lowest BCUT2D eigenvalue weighted by Gasteiger charge is -2.12. The summed E-state index contributed by atoms with van der Waals surface area (Å²) < 4.78 is 30.9. The molecule has 0 aliphatic rings. The third-order valence-electron chi connectivity index (χ3n) is 4.37. The molecule has 4 aromatic rings. The van der Waals surface area contributed by atoms with Crippen LogP contribution in [0.2, 0.25) is 0 Å². The summed E-state index contributed by atoms with van der Waals surface area (Å²) in [6.45, 7) is 0. The van der Waals surface area contributed by atoms with Gasteiger partial charge >= 0.3 is 0 Å². The van der Waals surface area contributed by atoms with Crippen molar-refractivity contribution in [3.8, 4) is 11.5 Å². The van der Waals surface area contributed by atoms with Gasteiger partial charge in [0.15, 0.2) is 9.84 Å². The lowest BCUT2D eigenvalue weighted by atomic mass is 10.2. The molecule has 4 rings (SSSR count). The maximum Gasteiger partial charge on any atom is 0.259 e. The van der Waals surface area contributed by atoms with E-state index in [0.29, 0.717) is 27.8 Å². The van der Waals surface area contributed by atoms with E-state index in [-0.39, 0.29) is 16.6 Å². The molecule has 1 aromatic heterocycles. The van der Waals surface area contributed by atoms with E-state index >= 15 is 0 Å².